The van der Waals surface area contributed by atoms with Crippen molar-refractivity contribution in [3.8, 4) is 0 Å². The van der Waals surface area contributed by atoms with Crippen LogP contribution < -0.4 is 5.32 Å². The molecule has 1 aliphatic heterocycles. The van der Waals surface area contributed by atoms with Crippen molar-refractivity contribution in [1.82, 2.24) is 10.2 Å². The molecule has 118 valence electrons. The maximum absolute atomic E-state index is 12.0. The van der Waals surface area contributed by atoms with Crippen molar-refractivity contribution in [3.63, 3.8) is 0 Å². The second-order valence-corrected chi connectivity index (χ2v) is 6.03. The molecule has 4 nitrogen and oxygen atoms in total. The lowest BCUT2D eigenvalue weighted by Gasteiger charge is -2.28. The van der Waals surface area contributed by atoms with Crippen LogP contribution in [0.25, 0.3) is 0 Å². The standard InChI is InChI=1S/C18H24N2O2/c21-18-13-16(15-4-2-1-3-5-15)12-17(14-18)19-6-7-20-8-10-22-11-9-20/h1-5,14,16,19H,6-13H2/t16-/m1/s1. The molecule has 0 radical (unpaired) electrons. The van der Waals surface area contributed by atoms with Crippen LogP contribution in [0.3, 0.4) is 0 Å². The van der Waals surface area contributed by atoms with Gasteiger partial charge in [-0.1, -0.05) is 30.3 Å². The highest BCUT2D eigenvalue weighted by molar-refractivity contribution is 5.91. The summed E-state index contributed by atoms with van der Waals surface area (Å²) in [4.78, 5) is 14.4. The van der Waals surface area contributed by atoms with Crippen LogP contribution in [0.5, 0.6) is 0 Å². The molecule has 1 saturated heterocycles. The second-order valence-electron chi connectivity index (χ2n) is 6.03. The maximum atomic E-state index is 12.0. The SMILES string of the molecule is O=C1C=C(NCCN2CCOCC2)C[C@@H](c2ccccc2)C1. The van der Waals surface area contributed by atoms with Crippen LogP contribution in [0.2, 0.25) is 0 Å². The molecular formula is C18H24N2O2. The van der Waals surface area contributed by atoms with E-state index in [-0.39, 0.29) is 5.78 Å². The van der Waals surface area contributed by atoms with Crippen molar-refractivity contribution in [2.45, 2.75) is 18.8 Å². The van der Waals surface area contributed by atoms with Crippen molar-refractivity contribution in [2.75, 3.05) is 39.4 Å². The van der Waals surface area contributed by atoms with Gasteiger partial charge in [-0.2, -0.15) is 0 Å². The fraction of sp³-hybridized carbons (Fsp3) is 0.500. The number of ketones is 1. The zero-order chi connectivity index (χ0) is 15.2. The Morgan fingerprint density at radius 3 is 2.68 bits per heavy atom. The molecule has 1 aromatic carbocycles. The summed E-state index contributed by atoms with van der Waals surface area (Å²) in [5.74, 6) is 0.540. The van der Waals surface area contributed by atoms with E-state index in [1.54, 1.807) is 6.08 Å². The molecule has 4 heteroatoms. The maximum Gasteiger partial charge on any atom is 0.158 e. The summed E-state index contributed by atoms with van der Waals surface area (Å²) in [5, 5.41) is 3.46. The predicted octanol–water partition coefficient (Wildman–Crippen LogP) is 1.94. The molecule has 1 atom stereocenters. The zero-order valence-electron chi connectivity index (χ0n) is 13.0. The molecule has 0 unspecified atom stereocenters. The molecule has 1 N–H and O–H groups in total. The molecule has 3 rings (SSSR count). The Hall–Kier alpha value is -1.65. The molecular weight excluding hydrogens is 276 g/mol. The number of nitrogens with zero attached hydrogens (tertiary/aromatic N) is 1. The summed E-state index contributed by atoms with van der Waals surface area (Å²) in [5.41, 5.74) is 2.34. The molecule has 0 spiro atoms. The first kappa shape index (κ1) is 15.3. The van der Waals surface area contributed by atoms with Crippen LogP contribution >= 0.6 is 0 Å². The first-order valence-electron chi connectivity index (χ1n) is 8.13. The number of nitrogens with one attached hydrogen (secondary N) is 1. The molecule has 0 aromatic heterocycles. The number of benzene rings is 1. The molecule has 1 aliphatic carbocycles. The number of morpholine rings is 1. The van der Waals surface area contributed by atoms with Gasteiger partial charge in [0.2, 0.25) is 0 Å². The smallest absolute Gasteiger partial charge is 0.158 e. The van der Waals surface area contributed by atoms with E-state index in [4.69, 9.17) is 4.74 Å². The van der Waals surface area contributed by atoms with Crippen LogP contribution in [0.15, 0.2) is 42.1 Å². The Balaban J connectivity index is 1.51. The highest BCUT2D eigenvalue weighted by Gasteiger charge is 2.22. The summed E-state index contributed by atoms with van der Waals surface area (Å²) in [7, 11) is 0. The summed E-state index contributed by atoms with van der Waals surface area (Å²) in [6.07, 6.45) is 3.34. The van der Waals surface area contributed by atoms with Crippen molar-refractivity contribution < 1.29 is 9.53 Å². The van der Waals surface area contributed by atoms with Gasteiger partial charge in [-0.05, 0) is 17.9 Å². The van der Waals surface area contributed by atoms with Gasteiger partial charge in [0.15, 0.2) is 5.78 Å². The van der Waals surface area contributed by atoms with Gasteiger partial charge in [0, 0.05) is 44.4 Å². The lowest BCUT2D eigenvalue weighted by molar-refractivity contribution is -0.115. The van der Waals surface area contributed by atoms with Crippen molar-refractivity contribution in [2.24, 2.45) is 0 Å². The largest absolute Gasteiger partial charge is 0.387 e. The summed E-state index contributed by atoms with van der Waals surface area (Å²) < 4.78 is 5.36. The Labute approximate surface area is 132 Å². The van der Waals surface area contributed by atoms with Crippen LogP contribution in [-0.2, 0) is 9.53 Å². The molecule has 1 heterocycles. The van der Waals surface area contributed by atoms with E-state index in [0.29, 0.717) is 12.3 Å². The van der Waals surface area contributed by atoms with Gasteiger partial charge in [-0.25, -0.2) is 0 Å². The fourth-order valence-electron chi connectivity index (χ4n) is 3.18. The lowest BCUT2D eigenvalue weighted by Crippen LogP contribution is -2.40. The van der Waals surface area contributed by atoms with Gasteiger partial charge >= 0.3 is 0 Å². The molecule has 0 saturated carbocycles. The minimum Gasteiger partial charge on any atom is -0.387 e. The number of allylic oxidation sites excluding steroid dienone is 2. The average molecular weight is 300 g/mol. The quantitative estimate of drug-likeness (QED) is 0.902. The number of hydrogen-bond donors (Lipinski definition) is 1. The number of carbonyl (C=O) groups is 1. The minimum atomic E-state index is 0.231. The second kappa shape index (κ2) is 7.56. The molecule has 1 fully saturated rings. The van der Waals surface area contributed by atoms with Crippen molar-refractivity contribution in [3.05, 3.63) is 47.7 Å². The Bertz CT molecular complexity index is 521. The predicted molar refractivity (Wildman–Crippen MR) is 86.8 cm³/mol. The highest BCUT2D eigenvalue weighted by atomic mass is 16.5. The third-order valence-electron chi connectivity index (χ3n) is 4.40. The van der Waals surface area contributed by atoms with E-state index in [9.17, 15) is 4.79 Å². The molecule has 1 aromatic rings. The van der Waals surface area contributed by atoms with Crippen molar-refractivity contribution in [1.29, 1.82) is 0 Å². The third kappa shape index (κ3) is 4.18. The van der Waals surface area contributed by atoms with Gasteiger partial charge in [0.05, 0.1) is 13.2 Å². The van der Waals surface area contributed by atoms with E-state index in [1.165, 1.54) is 5.56 Å². The van der Waals surface area contributed by atoms with E-state index in [0.717, 1.165) is 51.5 Å². The first-order chi connectivity index (χ1) is 10.8. The molecule has 0 bridgehead atoms. The molecule has 0 amide bonds. The molecule has 2 aliphatic rings. The lowest BCUT2D eigenvalue weighted by atomic mass is 9.85. The average Bonchev–Trinajstić information content (AvgIpc) is 2.56. The Morgan fingerprint density at radius 1 is 1.14 bits per heavy atom. The summed E-state index contributed by atoms with van der Waals surface area (Å²) in [6, 6.07) is 10.3. The summed E-state index contributed by atoms with van der Waals surface area (Å²) >= 11 is 0. The van der Waals surface area contributed by atoms with Gasteiger partial charge < -0.3 is 10.1 Å². The number of carbonyl (C=O) groups excluding carboxylic acids is 1. The minimum absolute atomic E-state index is 0.231. The van der Waals surface area contributed by atoms with Gasteiger partial charge in [0.1, 0.15) is 0 Å². The van der Waals surface area contributed by atoms with E-state index in [1.807, 2.05) is 18.2 Å². The number of hydrogen-bond acceptors (Lipinski definition) is 4. The Kier molecular flexibility index (Phi) is 5.24. The number of rotatable bonds is 5. The van der Waals surface area contributed by atoms with Gasteiger partial charge in [-0.3, -0.25) is 9.69 Å². The van der Waals surface area contributed by atoms with Crippen LogP contribution in [-0.4, -0.2) is 50.1 Å². The topological polar surface area (TPSA) is 41.6 Å². The van der Waals surface area contributed by atoms with Crippen LogP contribution in [0, 0.1) is 0 Å². The van der Waals surface area contributed by atoms with E-state index in [2.05, 4.69) is 22.3 Å². The fourth-order valence-corrected chi connectivity index (χ4v) is 3.18. The summed E-state index contributed by atoms with van der Waals surface area (Å²) in [6.45, 7) is 5.57. The molecule has 22 heavy (non-hydrogen) atoms. The van der Waals surface area contributed by atoms with Crippen molar-refractivity contribution >= 4 is 5.78 Å². The normalized spacial score (nSPS) is 23.2. The van der Waals surface area contributed by atoms with Crippen LogP contribution in [0.4, 0.5) is 0 Å². The van der Waals surface area contributed by atoms with E-state index >= 15 is 0 Å². The zero-order valence-corrected chi connectivity index (χ0v) is 13.0. The van der Waals surface area contributed by atoms with Crippen LogP contribution in [0.1, 0.15) is 24.3 Å². The first-order valence-corrected chi connectivity index (χ1v) is 8.13. The third-order valence-corrected chi connectivity index (χ3v) is 4.40. The Morgan fingerprint density at radius 2 is 1.91 bits per heavy atom. The highest BCUT2D eigenvalue weighted by Crippen LogP contribution is 2.30. The van der Waals surface area contributed by atoms with E-state index < -0.39 is 0 Å². The van der Waals surface area contributed by atoms with Gasteiger partial charge in [-0.15, -0.1) is 0 Å². The number of ether oxygens (including phenoxy) is 1. The monoisotopic (exact) mass is 300 g/mol. The van der Waals surface area contributed by atoms with Gasteiger partial charge in [0.25, 0.3) is 0 Å².